The molecule has 0 spiro atoms. The molecule has 0 aromatic heterocycles. The van der Waals surface area contributed by atoms with Gasteiger partial charge in [-0.2, -0.15) is 0 Å². The van der Waals surface area contributed by atoms with E-state index >= 15 is 0 Å². The van der Waals surface area contributed by atoms with Gasteiger partial charge in [-0.3, -0.25) is 4.79 Å². The lowest BCUT2D eigenvalue weighted by Crippen LogP contribution is -2.06. The number of benzene rings is 1. The molecule has 0 aliphatic heterocycles. The molecular weight excluding hydrogens is 244 g/mol. The third kappa shape index (κ3) is 2.29. The van der Waals surface area contributed by atoms with Crippen LogP contribution >= 0.6 is 0 Å². The number of ketones is 1. The van der Waals surface area contributed by atoms with Gasteiger partial charge in [0.15, 0.2) is 5.78 Å². The van der Waals surface area contributed by atoms with Crippen molar-refractivity contribution >= 4 is 17.3 Å². The zero-order chi connectivity index (χ0) is 14.0. The van der Waals surface area contributed by atoms with Crippen molar-refractivity contribution in [3.63, 3.8) is 0 Å². The van der Waals surface area contributed by atoms with Gasteiger partial charge in [0.25, 0.3) is 0 Å². The highest BCUT2D eigenvalue weighted by Gasteiger charge is 2.31. The molecule has 0 heterocycles. The molecule has 0 amide bonds. The summed E-state index contributed by atoms with van der Waals surface area (Å²) in [4.78, 5) is 23.3. The Morgan fingerprint density at radius 2 is 1.79 bits per heavy atom. The summed E-state index contributed by atoms with van der Waals surface area (Å²) < 4.78 is 4.72. The Kier molecular flexibility index (Phi) is 3.51. The minimum absolute atomic E-state index is 0.109. The zero-order valence-corrected chi connectivity index (χ0v) is 10.8. The Bertz CT molecular complexity index is 594. The number of ether oxygens (including phenoxy) is 1. The fraction of sp³-hybridized carbons (Fsp3) is 0.200. The van der Waals surface area contributed by atoms with Crippen molar-refractivity contribution in [1.29, 1.82) is 0 Å². The lowest BCUT2D eigenvalue weighted by molar-refractivity contribution is -0.136. The minimum Gasteiger partial charge on any atom is -0.507 e. The van der Waals surface area contributed by atoms with Crippen molar-refractivity contribution in [1.82, 2.24) is 0 Å². The van der Waals surface area contributed by atoms with E-state index in [9.17, 15) is 14.7 Å². The highest BCUT2D eigenvalue weighted by Crippen LogP contribution is 2.38. The summed E-state index contributed by atoms with van der Waals surface area (Å²) in [6, 6.07) is 8.99. The molecule has 1 aromatic carbocycles. The molecule has 0 saturated heterocycles. The molecule has 0 radical (unpaired) electrons. The van der Waals surface area contributed by atoms with Gasteiger partial charge in [0, 0.05) is 17.6 Å². The first kappa shape index (κ1) is 13.1. The molecule has 1 N–H and O–H groups in total. The number of carbonyl (C=O) groups excluding carboxylic acids is 2. The van der Waals surface area contributed by atoms with Gasteiger partial charge in [-0.25, -0.2) is 4.79 Å². The van der Waals surface area contributed by atoms with Crippen LogP contribution in [0.3, 0.4) is 0 Å². The third-order valence-electron chi connectivity index (χ3n) is 3.10. The Labute approximate surface area is 111 Å². The molecule has 2 rings (SSSR count). The summed E-state index contributed by atoms with van der Waals surface area (Å²) in [7, 11) is 1.28. The van der Waals surface area contributed by atoms with Crippen LogP contribution in [0.5, 0.6) is 0 Å². The molecule has 0 saturated carbocycles. The number of esters is 1. The molecule has 0 fully saturated rings. The number of Topliss-reactive ketones (excluding diaryl/α,β-unsaturated/α-hetero) is 1. The first-order valence-corrected chi connectivity index (χ1v) is 5.86. The van der Waals surface area contributed by atoms with Crippen LogP contribution in [0.2, 0.25) is 0 Å². The number of aliphatic hydroxyl groups excluding tert-OH is 1. The number of hydrogen-bond donors (Lipinski definition) is 1. The van der Waals surface area contributed by atoms with E-state index in [1.807, 2.05) is 6.07 Å². The van der Waals surface area contributed by atoms with Crippen LogP contribution in [-0.4, -0.2) is 24.0 Å². The second-order valence-electron chi connectivity index (χ2n) is 4.27. The molecule has 4 heteroatoms. The van der Waals surface area contributed by atoms with Crippen LogP contribution < -0.4 is 0 Å². The topological polar surface area (TPSA) is 63.6 Å². The average Bonchev–Trinajstić information content (AvgIpc) is 2.76. The molecule has 1 aliphatic rings. The predicted octanol–water partition coefficient (Wildman–Crippen LogP) is 2.42. The number of allylic oxidation sites excluding steroid dienone is 2. The summed E-state index contributed by atoms with van der Waals surface area (Å²) >= 11 is 0. The van der Waals surface area contributed by atoms with Crippen LogP contribution in [-0.2, 0) is 14.3 Å². The third-order valence-corrected chi connectivity index (χ3v) is 3.10. The average molecular weight is 258 g/mol. The first-order chi connectivity index (χ1) is 9.06. The van der Waals surface area contributed by atoms with Gasteiger partial charge in [-0.1, -0.05) is 30.3 Å². The van der Waals surface area contributed by atoms with Crippen LogP contribution in [0.1, 0.15) is 18.9 Å². The second kappa shape index (κ2) is 5.10. The number of rotatable bonds is 3. The molecule has 0 atom stereocenters. The van der Waals surface area contributed by atoms with Crippen LogP contribution in [0.4, 0.5) is 0 Å². The summed E-state index contributed by atoms with van der Waals surface area (Å²) in [6.45, 7) is 1.37. The van der Waals surface area contributed by atoms with Crippen molar-refractivity contribution in [2.24, 2.45) is 0 Å². The molecule has 4 nitrogen and oxygen atoms in total. The normalized spacial score (nSPS) is 14.8. The van der Waals surface area contributed by atoms with Crippen molar-refractivity contribution < 1.29 is 19.4 Å². The van der Waals surface area contributed by atoms with Gasteiger partial charge in [0.05, 0.1) is 12.7 Å². The van der Waals surface area contributed by atoms with Crippen molar-refractivity contribution in [3.8, 4) is 0 Å². The van der Waals surface area contributed by atoms with E-state index in [0.717, 1.165) is 0 Å². The predicted molar refractivity (Wildman–Crippen MR) is 70.3 cm³/mol. The Morgan fingerprint density at radius 3 is 2.32 bits per heavy atom. The molecule has 0 unspecified atom stereocenters. The zero-order valence-electron chi connectivity index (χ0n) is 10.8. The minimum atomic E-state index is -0.526. The lowest BCUT2D eigenvalue weighted by atomic mass is 10.0. The number of hydrogen-bond acceptors (Lipinski definition) is 4. The Balaban J connectivity index is 2.58. The SMILES string of the molecule is COC(=O)C1=C(c2ccccc2)C(O)=C(C(C)=O)C1. The van der Waals surface area contributed by atoms with Crippen LogP contribution in [0.25, 0.3) is 5.57 Å². The van der Waals surface area contributed by atoms with E-state index in [4.69, 9.17) is 4.74 Å². The first-order valence-electron chi connectivity index (χ1n) is 5.86. The molecule has 19 heavy (non-hydrogen) atoms. The molecule has 1 aliphatic carbocycles. The van der Waals surface area contributed by atoms with E-state index in [1.54, 1.807) is 24.3 Å². The smallest absolute Gasteiger partial charge is 0.334 e. The number of carbonyl (C=O) groups is 2. The summed E-state index contributed by atoms with van der Waals surface area (Å²) in [5, 5.41) is 10.2. The molecular formula is C15H14O4. The van der Waals surface area contributed by atoms with Gasteiger partial charge >= 0.3 is 5.97 Å². The van der Waals surface area contributed by atoms with Gasteiger partial charge < -0.3 is 9.84 Å². The molecule has 0 bridgehead atoms. The fourth-order valence-corrected chi connectivity index (χ4v) is 2.15. The van der Waals surface area contributed by atoms with Gasteiger partial charge in [-0.05, 0) is 12.5 Å². The highest BCUT2D eigenvalue weighted by molar-refractivity contribution is 6.10. The van der Waals surface area contributed by atoms with Crippen LogP contribution in [0.15, 0.2) is 47.2 Å². The highest BCUT2D eigenvalue weighted by atomic mass is 16.5. The number of aliphatic hydroxyl groups is 1. The Morgan fingerprint density at radius 1 is 1.16 bits per heavy atom. The lowest BCUT2D eigenvalue weighted by Gasteiger charge is -2.07. The quantitative estimate of drug-likeness (QED) is 0.846. The van der Waals surface area contributed by atoms with Crippen molar-refractivity contribution in [2.45, 2.75) is 13.3 Å². The largest absolute Gasteiger partial charge is 0.507 e. The van der Waals surface area contributed by atoms with Crippen LogP contribution in [0, 0.1) is 0 Å². The van der Waals surface area contributed by atoms with Crippen molar-refractivity contribution in [3.05, 3.63) is 52.8 Å². The van der Waals surface area contributed by atoms with E-state index in [1.165, 1.54) is 14.0 Å². The fourth-order valence-electron chi connectivity index (χ4n) is 2.15. The van der Waals surface area contributed by atoms with Gasteiger partial charge in [-0.15, -0.1) is 0 Å². The second-order valence-corrected chi connectivity index (χ2v) is 4.27. The van der Waals surface area contributed by atoms with E-state index in [-0.39, 0.29) is 23.5 Å². The van der Waals surface area contributed by atoms with E-state index in [2.05, 4.69) is 0 Å². The number of methoxy groups -OCH3 is 1. The maximum atomic E-state index is 11.8. The van der Waals surface area contributed by atoms with E-state index < -0.39 is 5.97 Å². The maximum Gasteiger partial charge on any atom is 0.334 e. The summed E-state index contributed by atoms with van der Waals surface area (Å²) in [5.41, 5.74) is 1.64. The Hall–Kier alpha value is -2.36. The molecule has 1 aromatic rings. The summed E-state index contributed by atoms with van der Waals surface area (Å²) in [6.07, 6.45) is 0.109. The van der Waals surface area contributed by atoms with Crippen molar-refractivity contribution in [2.75, 3.05) is 7.11 Å². The van der Waals surface area contributed by atoms with Gasteiger partial charge in [0.2, 0.25) is 0 Å². The standard InChI is InChI=1S/C15H14O4/c1-9(16)11-8-12(15(18)19-2)13(14(11)17)10-6-4-3-5-7-10/h3-7,17H,8H2,1-2H3. The summed E-state index contributed by atoms with van der Waals surface area (Å²) in [5.74, 6) is -0.898. The van der Waals surface area contributed by atoms with E-state index in [0.29, 0.717) is 16.7 Å². The maximum absolute atomic E-state index is 11.8. The monoisotopic (exact) mass is 258 g/mol. The van der Waals surface area contributed by atoms with Gasteiger partial charge in [0.1, 0.15) is 5.76 Å². The molecule has 98 valence electrons.